The molecule has 0 radical (unpaired) electrons. The molecule has 1 saturated carbocycles. The van der Waals surface area contributed by atoms with Crippen LogP contribution in [0.5, 0.6) is 0 Å². The molecule has 0 atom stereocenters. The summed E-state index contributed by atoms with van der Waals surface area (Å²) >= 11 is 0. The molecule has 0 spiro atoms. The number of aryl methyl sites for hydroxylation is 1. The van der Waals surface area contributed by atoms with Crippen LogP contribution in [0, 0.1) is 23.0 Å². The van der Waals surface area contributed by atoms with Crippen molar-refractivity contribution in [3.8, 4) is 0 Å². The quantitative estimate of drug-likeness (QED) is 0.531. The number of hydrogen-bond acceptors (Lipinski definition) is 7. The van der Waals surface area contributed by atoms with Gasteiger partial charge in [0.25, 0.3) is 5.69 Å². The summed E-state index contributed by atoms with van der Waals surface area (Å²) in [5.74, 6) is 1.46. The van der Waals surface area contributed by atoms with E-state index in [9.17, 15) is 14.9 Å². The molecule has 9 nitrogen and oxygen atoms in total. The molecular formula is C21H28N6O3. The lowest BCUT2D eigenvalue weighted by Gasteiger charge is -2.28. The van der Waals surface area contributed by atoms with E-state index in [1.807, 2.05) is 32.1 Å². The minimum absolute atomic E-state index is 0.00133. The van der Waals surface area contributed by atoms with E-state index in [2.05, 4.69) is 20.6 Å². The lowest BCUT2D eigenvalue weighted by molar-refractivity contribution is -0.384. The molecule has 1 fully saturated rings. The first-order chi connectivity index (χ1) is 14.3. The number of non-ortho nitro benzene ring substituents is 1. The highest BCUT2D eigenvalue weighted by Gasteiger charge is 2.26. The smallest absolute Gasteiger partial charge is 0.269 e. The van der Waals surface area contributed by atoms with Crippen LogP contribution < -0.4 is 15.5 Å². The van der Waals surface area contributed by atoms with Gasteiger partial charge in [-0.2, -0.15) is 4.98 Å². The molecule has 3 rings (SSSR count). The van der Waals surface area contributed by atoms with Crippen molar-refractivity contribution in [2.24, 2.45) is 5.92 Å². The van der Waals surface area contributed by atoms with Crippen molar-refractivity contribution in [2.75, 3.05) is 24.3 Å². The Morgan fingerprint density at radius 3 is 2.67 bits per heavy atom. The van der Waals surface area contributed by atoms with Gasteiger partial charge in [-0.3, -0.25) is 14.9 Å². The van der Waals surface area contributed by atoms with Gasteiger partial charge < -0.3 is 15.5 Å². The van der Waals surface area contributed by atoms with Gasteiger partial charge in [0.05, 0.1) is 4.92 Å². The lowest BCUT2D eigenvalue weighted by atomic mass is 9.85. The van der Waals surface area contributed by atoms with Crippen molar-refractivity contribution in [1.29, 1.82) is 0 Å². The Labute approximate surface area is 176 Å². The Morgan fingerprint density at radius 1 is 1.27 bits per heavy atom. The third kappa shape index (κ3) is 5.43. The highest BCUT2D eigenvalue weighted by Crippen LogP contribution is 2.27. The summed E-state index contributed by atoms with van der Waals surface area (Å²) in [6.07, 6.45) is 5.11. The fourth-order valence-corrected chi connectivity index (χ4v) is 3.75. The summed E-state index contributed by atoms with van der Waals surface area (Å²) in [4.78, 5) is 33.9. The van der Waals surface area contributed by atoms with Crippen LogP contribution in [0.3, 0.4) is 0 Å². The molecule has 1 aromatic heterocycles. The average molecular weight is 412 g/mol. The Morgan fingerprint density at radius 2 is 2.00 bits per heavy atom. The van der Waals surface area contributed by atoms with Crippen LogP contribution in [0.1, 0.15) is 36.8 Å². The van der Waals surface area contributed by atoms with Crippen molar-refractivity contribution in [3.05, 3.63) is 51.7 Å². The number of aromatic nitrogens is 2. The number of carbonyl (C=O) groups is 1. The molecule has 160 valence electrons. The molecule has 1 heterocycles. The number of amides is 1. The number of nitro groups is 1. The summed E-state index contributed by atoms with van der Waals surface area (Å²) in [6.45, 7) is 2.28. The maximum absolute atomic E-state index is 12.5. The van der Waals surface area contributed by atoms with E-state index in [-0.39, 0.29) is 23.6 Å². The number of benzene rings is 1. The van der Waals surface area contributed by atoms with Crippen LogP contribution in [-0.4, -0.2) is 40.9 Å². The number of hydrogen-bond donors (Lipinski definition) is 2. The van der Waals surface area contributed by atoms with Gasteiger partial charge in [0, 0.05) is 56.5 Å². The van der Waals surface area contributed by atoms with Gasteiger partial charge in [0.2, 0.25) is 11.9 Å². The standard InChI is InChI=1S/C21H28N6O3/c1-14-12-23-21(25-19(14)26(2)3)24-17-9-7-16(8-10-17)20(28)22-13-15-5-4-6-18(11-15)27(29)30/h4-6,11-12,16-17H,7-10,13H2,1-3H3,(H,22,28)(H,23,24,25)/t16-,17+. The Balaban J connectivity index is 1.48. The Bertz CT molecular complexity index is 909. The molecule has 0 bridgehead atoms. The zero-order chi connectivity index (χ0) is 21.7. The first-order valence-corrected chi connectivity index (χ1v) is 10.1. The Kier molecular flexibility index (Phi) is 6.81. The normalized spacial score (nSPS) is 18.5. The molecular weight excluding hydrogens is 384 g/mol. The van der Waals surface area contributed by atoms with Crippen molar-refractivity contribution in [2.45, 2.75) is 45.2 Å². The highest BCUT2D eigenvalue weighted by molar-refractivity contribution is 5.78. The van der Waals surface area contributed by atoms with E-state index >= 15 is 0 Å². The van der Waals surface area contributed by atoms with Crippen LogP contribution in [-0.2, 0) is 11.3 Å². The van der Waals surface area contributed by atoms with Gasteiger partial charge >= 0.3 is 0 Å². The monoisotopic (exact) mass is 412 g/mol. The van der Waals surface area contributed by atoms with E-state index in [4.69, 9.17) is 0 Å². The van der Waals surface area contributed by atoms with Crippen molar-refractivity contribution < 1.29 is 9.72 Å². The lowest BCUT2D eigenvalue weighted by Crippen LogP contribution is -2.35. The third-order valence-electron chi connectivity index (χ3n) is 5.39. The summed E-state index contributed by atoms with van der Waals surface area (Å²) in [6, 6.07) is 6.58. The zero-order valence-electron chi connectivity index (χ0n) is 17.6. The molecule has 1 aromatic carbocycles. The minimum atomic E-state index is -0.432. The fraction of sp³-hybridized carbons (Fsp3) is 0.476. The largest absolute Gasteiger partial charge is 0.362 e. The molecule has 2 aromatic rings. The summed E-state index contributed by atoms with van der Waals surface area (Å²) in [7, 11) is 3.91. The van der Waals surface area contributed by atoms with Crippen molar-refractivity contribution in [1.82, 2.24) is 15.3 Å². The SMILES string of the molecule is Cc1cnc(N[C@H]2CC[C@@H](C(=O)NCc3cccc([N+](=O)[O-])c3)CC2)nc1N(C)C. The molecule has 30 heavy (non-hydrogen) atoms. The van der Waals surface area contributed by atoms with E-state index in [1.54, 1.807) is 12.1 Å². The molecule has 2 N–H and O–H groups in total. The molecule has 0 aliphatic heterocycles. The summed E-state index contributed by atoms with van der Waals surface area (Å²) in [5.41, 5.74) is 1.78. The first kappa shape index (κ1) is 21.5. The fourth-order valence-electron chi connectivity index (χ4n) is 3.75. The second-order valence-corrected chi connectivity index (χ2v) is 7.93. The Hall–Kier alpha value is -3.23. The topological polar surface area (TPSA) is 113 Å². The zero-order valence-corrected chi connectivity index (χ0v) is 17.6. The van der Waals surface area contributed by atoms with Gasteiger partial charge in [-0.25, -0.2) is 4.98 Å². The second-order valence-electron chi connectivity index (χ2n) is 7.93. The second kappa shape index (κ2) is 9.51. The van der Waals surface area contributed by atoms with Crippen LogP contribution in [0.15, 0.2) is 30.5 Å². The van der Waals surface area contributed by atoms with Crippen LogP contribution in [0.25, 0.3) is 0 Å². The minimum Gasteiger partial charge on any atom is -0.362 e. The van der Waals surface area contributed by atoms with Gasteiger partial charge in [-0.15, -0.1) is 0 Å². The van der Waals surface area contributed by atoms with Crippen LogP contribution in [0.4, 0.5) is 17.5 Å². The number of carbonyl (C=O) groups excluding carboxylic acids is 1. The molecule has 1 aliphatic rings. The highest BCUT2D eigenvalue weighted by atomic mass is 16.6. The maximum atomic E-state index is 12.5. The average Bonchev–Trinajstić information content (AvgIpc) is 2.74. The molecule has 0 unspecified atom stereocenters. The van der Waals surface area contributed by atoms with Gasteiger partial charge in [0.1, 0.15) is 5.82 Å². The van der Waals surface area contributed by atoms with Crippen LogP contribution >= 0.6 is 0 Å². The first-order valence-electron chi connectivity index (χ1n) is 10.1. The predicted octanol–water partition coefficient (Wildman–Crippen LogP) is 3.05. The maximum Gasteiger partial charge on any atom is 0.269 e. The third-order valence-corrected chi connectivity index (χ3v) is 5.39. The van der Waals surface area contributed by atoms with Crippen molar-refractivity contribution in [3.63, 3.8) is 0 Å². The number of rotatable bonds is 7. The molecule has 1 aliphatic carbocycles. The predicted molar refractivity (Wildman–Crippen MR) is 115 cm³/mol. The van der Waals surface area contributed by atoms with Gasteiger partial charge in [-0.1, -0.05) is 12.1 Å². The summed E-state index contributed by atoms with van der Waals surface area (Å²) < 4.78 is 0. The van der Waals surface area contributed by atoms with Gasteiger partial charge in [-0.05, 0) is 38.2 Å². The van der Waals surface area contributed by atoms with Gasteiger partial charge in [0.15, 0.2) is 0 Å². The number of nitrogens with one attached hydrogen (secondary N) is 2. The number of nitrogens with zero attached hydrogens (tertiary/aromatic N) is 4. The molecule has 1 amide bonds. The van der Waals surface area contributed by atoms with E-state index in [1.165, 1.54) is 12.1 Å². The molecule has 0 saturated heterocycles. The summed E-state index contributed by atoms with van der Waals surface area (Å²) in [5, 5.41) is 17.2. The number of nitro benzene ring substituents is 1. The number of anilines is 2. The van der Waals surface area contributed by atoms with E-state index < -0.39 is 4.92 Å². The van der Waals surface area contributed by atoms with Crippen molar-refractivity contribution >= 4 is 23.4 Å². The van der Waals surface area contributed by atoms with E-state index in [0.717, 1.165) is 42.6 Å². The van der Waals surface area contributed by atoms with E-state index in [0.29, 0.717) is 12.5 Å². The van der Waals surface area contributed by atoms with Crippen LogP contribution in [0.2, 0.25) is 0 Å². The molecule has 9 heteroatoms.